The summed E-state index contributed by atoms with van der Waals surface area (Å²) in [4.78, 5) is 0. The molecule has 0 radical (unpaired) electrons. The van der Waals surface area contributed by atoms with Gasteiger partial charge >= 0.3 is 0 Å². The first-order chi connectivity index (χ1) is 9.74. The average molecular weight is 289 g/mol. The van der Waals surface area contributed by atoms with E-state index in [0.717, 1.165) is 5.92 Å². The standard InChI is InChI=1S/C17H23NOS/c1-20-18-9-8-17-7-3-2-4-14(17)16(18)10-12-5-6-13(19)11-15(12)17/h5-6,11,14,16,19H,2-4,7-10H2,1H3/t14-,16+,17+/m0/s1. The summed E-state index contributed by atoms with van der Waals surface area (Å²) in [5.74, 6) is 1.25. The molecule has 0 spiro atoms. The van der Waals surface area contributed by atoms with Gasteiger partial charge in [-0.05, 0) is 61.1 Å². The van der Waals surface area contributed by atoms with E-state index in [1.54, 1.807) is 0 Å². The van der Waals surface area contributed by atoms with Gasteiger partial charge in [0.15, 0.2) is 0 Å². The predicted octanol–water partition coefficient (Wildman–Crippen LogP) is 3.73. The van der Waals surface area contributed by atoms with Gasteiger partial charge < -0.3 is 5.11 Å². The van der Waals surface area contributed by atoms with Crippen LogP contribution in [0.3, 0.4) is 0 Å². The summed E-state index contributed by atoms with van der Waals surface area (Å²) < 4.78 is 2.63. The van der Waals surface area contributed by atoms with E-state index in [0.29, 0.717) is 17.2 Å². The SMILES string of the molecule is CSN1CC[C@]23CCCC[C@H]2[C@H]1Cc1ccc(O)cc13. The molecule has 3 atom stereocenters. The largest absolute Gasteiger partial charge is 0.508 e. The number of hydrogen-bond donors (Lipinski definition) is 1. The van der Waals surface area contributed by atoms with Crippen LogP contribution in [0.4, 0.5) is 0 Å². The average Bonchev–Trinajstić information content (AvgIpc) is 2.48. The van der Waals surface area contributed by atoms with Gasteiger partial charge in [-0.15, -0.1) is 0 Å². The first kappa shape index (κ1) is 13.0. The van der Waals surface area contributed by atoms with Gasteiger partial charge in [-0.1, -0.05) is 30.9 Å². The predicted molar refractivity (Wildman–Crippen MR) is 84.1 cm³/mol. The Balaban J connectivity index is 1.87. The molecule has 1 heterocycles. The van der Waals surface area contributed by atoms with Crippen molar-refractivity contribution in [2.45, 2.75) is 50.0 Å². The maximum atomic E-state index is 9.96. The van der Waals surface area contributed by atoms with E-state index in [4.69, 9.17) is 0 Å². The van der Waals surface area contributed by atoms with Gasteiger partial charge in [0.1, 0.15) is 5.75 Å². The zero-order valence-electron chi connectivity index (χ0n) is 12.1. The molecule has 4 rings (SSSR count). The van der Waals surface area contributed by atoms with E-state index in [1.807, 2.05) is 18.0 Å². The molecular weight excluding hydrogens is 266 g/mol. The highest BCUT2D eigenvalue weighted by molar-refractivity contribution is 7.96. The number of phenolic OH excluding ortho intramolecular Hbond substituents is 1. The lowest BCUT2D eigenvalue weighted by molar-refractivity contribution is 0.0367. The van der Waals surface area contributed by atoms with E-state index >= 15 is 0 Å². The van der Waals surface area contributed by atoms with Crippen LogP contribution in [0.5, 0.6) is 5.75 Å². The topological polar surface area (TPSA) is 23.5 Å². The van der Waals surface area contributed by atoms with Crippen LogP contribution in [0.15, 0.2) is 18.2 Å². The molecule has 2 aliphatic carbocycles. The summed E-state index contributed by atoms with van der Waals surface area (Å²) >= 11 is 1.93. The Bertz CT molecular complexity index is 532. The van der Waals surface area contributed by atoms with Crippen LogP contribution in [0, 0.1) is 5.92 Å². The molecule has 1 aromatic carbocycles. The van der Waals surface area contributed by atoms with Crippen LogP contribution in [0.25, 0.3) is 0 Å². The summed E-state index contributed by atoms with van der Waals surface area (Å²) in [5.41, 5.74) is 3.34. The van der Waals surface area contributed by atoms with Gasteiger partial charge in [0, 0.05) is 18.0 Å². The molecule has 3 heteroatoms. The lowest BCUT2D eigenvalue weighted by Gasteiger charge is -2.58. The van der Waals surface area contributed by atoms with E-state index in [9.17, 15) is 5.11 Å². The Labute approximate surface area is 125 Å². The zero-order chi connectivity index (χ0) is 13.7. The van der Waals surface area contributed by atoms with Crippen molar-refractivity contribution in [2.24, 2.45) is 5.92 Å². The number of phenols is 1. The maximum absolute atomic E-state index is 9.96. The maximum Gasteiger partial charge on any atom is 0.115 e. The van der Waals surface area contributed by atoms with Crippen molar-refractivity contribution in [3.05, 3.63) is 29.3 Å². The molecule has 0 amide bonds. The second kappa shape index (κ2) is 4.67. The molecule has 2 fully saturated rings. The summed E-state index contributed by atoms with van der Waals surface area (Å²) in [6.45, 7) is 1.21. The number of rotatable bonds is 1. The van der Waals surface area contributed by atoms with Crippen LogP contribution in [-0.2, 0) is 11.8 Å². The minimum atomic E-state index is 0.363. The molecule has 0 aromatic heterocycles. The third-order valence-corrected chi connectivity index (χ3v) is 6.93. The fourth-order valence-electron chi connectivity index (χ4n) is 5.18. The fourth-order valence-corrected chi connectivity index (χ4v) is 5.95. The quantitative estimate of drug-likeness (QED) is 0.797. The van der Waals surface area contributed by atoms with Crippen molar-refractivity contribution < 1.29 is 5.11 Å². The van der Waals surface area contributed by atoms with Gasteiger partial charge in [0.05, 0.1) is 0 Å². The molecule has 2 bridgehead atoms. The normalized spacial score (nSPS) is 36.2. The highest BCUT2D eigenvalue weighted by Gasteiger charge is 2.53. The Morgan fingerprint density at radius 2 is 2.20 bits per heavy atom. The second-order valence-electron chi connectivity index (χ2n) is 6.69. The highest BCUT2D eigenvalue weighted by atomic mass is 32.2. The lowest BCUT2D eigenvalue weighted by atomic mass is 9.53. The summed E-state index contributed by atoms with van der Waals surface area (Å²) in [7, 11) is 0. The van der Waals surface area contributed by atoms with Crippen LogP contribution in [0.2, 0.25) is 0 Å². The molecule has 3 aliphatic rings. The number of piperidine rings is 1. The highest BCUT2D eigenvalue weighted by Crippen LogP contribution is 2.56. The first-order valence-corrected chi connectivity index (χ1v) is 9.06. The third-order valence-electron chi connectivity index (χ3n) is 6.00. The van der Waals surface area contributed by atoms with Crippen molar-refractivity contribution in [1.29, 1.82) is 0 Å². The van der Waals surface area contributed by atoms with Crippen molar-refractivity contribution in [2.75, 3.05) is 12.8 Å². The summed E-state index contributed by atoms with van der Waals surface area (Å²) in [5, 5.41) is 9.96. The van der Waals surface area contributed by atoms with Crippen LogP contribution >= 0.6 is 11.9 Å². The molecule has 108 valence electrons. The van der Waals surface area contributed by atoms with Gasteiger partial charge in [0.2, 0.25) is 0 Å². The number of benzene rings is 1. The zero-order valence-corrected chi connectivity index (χ0v) is 13.0. The minimum absolute atomic E-state index is 0.363. The van der Waals surface area contributed by atoms with Crippen LogP contribution in [0.1, 0.15) is 43.2 Å². The van der Waals surface area contributed by atoms with E-state index < -0.39 is 0 Å². The number of nitrogens with zero attached hydrogens (tertiary/aromatic N) is 1. The molecule has 1 aliphatic heterocycles. The van der Waals surface area contributed by atoms with E-state index in [2.05, 4.69) is 22.7 Å². The van der Waals surface area contributed by atoms with Crippen molar-refractivity contribution in [3.8, 4) is 5.75 Å². The molecular formula is C17H23NOS. The summed E-state index contributed by atoms with van der Waals surface area (Å²) in [6, 6.07) is 6.83. The van der Waals surface area contributed by atoms with Crippen LogP contribution in [-0.4, -0.2) is 28.3 Å². The lowest BCUT2D eigenvalue weighted by Crippen LogP contribution is -2.59. The van der Waals surface area contributed by atoms with Crippen molar-refractivity contribution in [1.82, 2.24) is 4.31 Å². The van der Waals surface area contributed by atoms with Gasteiger partial charge in [-0.2, -0.15) is 0 Å². The molecule has 20 heavy (non-hydrogen) atoms. The molecule has 1 saturated carbocycles. The number of hydrogen-bond acceptors (Lipinski definition) is 3. The number of aromatic hydroxyl groups is 1. The smallest absolute Gasteiger partial charge is 0.115 e. The van der Waals surface area contributed by atoms with E-state index in [1.165, 1.54) is 56.2 Å². The third kappa shape index (κ3) is 1.69. The van der Waals surface area contributed by atoms with Crippen molar-refractivity contribution in [3.63, 3.8) is 0 Å². The molecule has 1 aromatic rings. The Morgan fingerprint density at radius 3 is 3.05 bits per heavy atom. The van der Waals surface area contributed by atoms with Crippen LogP contribution < -0.4 is 0 Å². The monoisotopic (exact) mass is 289 g/mol. The Kier molecular flexibility index (Phi) is 3.04. The minimum Gasteiger partial charge on any atom is -0.508 e. The number of fused-ring (bicyclic) bond motifs is 1. The molecule has 2 nitrogen and oxygen atoms in total. The molecule has 1 N–H and O–H groups in total. The van der Waals surface area contributed by atoms with Gasteiger partial charge in [-0.25, -0.2) is 4.31 Å². The molecule has 1 saturated heterocycles. The van der Waals surface area contributed by atoms with Gasteiger partial charge in [-0.3, -0.25) is 0 Å². The first-order valence-electron chi connectivity index (χ1n) is 7.88. The Hall–Kier alpha value is -0.670. The second-order valence-corrected chi connectivity index (χ2v) is 7.53. The molecule has 0 unspecified atom stereocenters. The fraction of sp³-hybridized carbons (Fsp3) is 0.647. The van der Waals surface area contributed by atoms with Crippen molar-refractivity contribution >= 4 is 11.9 Å². The Morgan fingerprint density at radius 1 is 1.30 bits per heavy atom. The van der Waals surface area contributed by atoms with E-state index in [-0.39, 0.29) is 0 Å². The van der Waals surface area contributed by atoms with Gasteiger partial charge in [0.25, 0.3) is 0 Å². The summed E-state index contributed by atoms with van der Waals surface area (Å²) in [6.07, 6.45) is 10.1.